The molecule has 0 saturated carbocycles. The molecular weight excluding hydrogens is 736 g/mol. The van der Waals surface area contributed by atoms with Crippen LogP contribution in [-0.2, 0) is 49.2 Å². The molecule has 3 aliphatic heterocycles. The molecule has 1 aromatic rings. The minimum atomic E-state index is -1.82. The Hall–Kier alpha value is -3.57. The first kappa shape index (κ1) is 44.1. The van der Waals surface area contributed by atoms with Crippen LogP contribution >= 0.6 is 11.6 Å². The molecule has 2 fully saturated rings. The van der Waals surface area contributed by atoms with Crippen LogP contribution in [0.25, 0.3) is 0 Å². The van der Waals surface area contributed by atoms with Crippen molar-refractivity contribution >= 4 is 41.2 Å². The second kappa shape index (κ2) is 19.0. The maximum absolute atomic E-state index is 14.1. The van der Waals surface area contributed by atoms with E-state index < -0.39 is 65.7 Å². The Morgan fingerprint density at radius 1 is 1.18 bits per heavy atom. The number of allylic oxidation sites excluding steroid dienone is 3. The number of nitrogens with two attached hydrogens (primary N) is 1. The number of benzene rings is 1. The van der Waals surface area contributed by atoms with E-state index in [4.69, 9.17) is 45.8 Å². The molecule has 3 amide bonds. The predicted molar refractivity (Wildman–Crippen MR) is 204 cm³/mol. The second-order valence-electron chi connectivity index (χ2n) is 14.8. The van der Waals surface area contributed by atoms with Crippen LogP contribution in [0, 0.1) is 12.8 Å². The summed E-state index contributed by atoms with van der Waals surface area (Å²) in [5.74, 6) is -2.02. The van der Waals surface area contributed by atoms with Gasteiger partial charge in [0.05, 0.1) is 56.1 Å². The van der Waals surface area contributed by atoms with Crippen LogP contribution in [0.5, 0.6) is 0 Å². The monoisotopic (exact) mass is 792 g/mol. The van der Waals surface area contributed by atoms with E-state index in [0.29, 0.717) is 43.5 Å². The van der Waals surface area contributed by atoms with Crippen molar-refractivity contribution in [2.45, 2.75) is 102 Å². The van der Waals surface area contributed by atoms with E-state index in [9.17, 15) is 24.3 Å². The number of aliphatic hydroxyl groups is 1. The summed E-state index contributed by atoms with van der Waals surface area (Å²) in [7, 11) is 4.54. The number of carbonyl (C=O) groups excluding carboxylic acids is 4. The number of ether oxygens (including phenoxy) is 6. The smallest absolute Gasteiger partial charge is 0.409 e. The van der Waals surface area contributed by atoms with Gasteiger partial charge < -0.3 is 49.1 Å². The number of esters is 1. The summed E-state index contributed by atoms with van der Waals surface area (Å²) in [6, 6.07) is 2.78. The summed E-state index contributed by atoms with van der Waals surface area (Å²) in [5.41, 5.74) is 5.50. The fourth-order valence-electron chi connectivity index (χ4n) is 7.00. The number of likely N-dealkylation sites (N-methyl/N-ethyl adjacent to an activating group) is 1. The summed E-state index contributed by atoms with van der Waals surface area (Å²) in [6.45, 7) is 10.4. The Bertz CT molecular complexity index is 1620. The first-order valence-electron chi connectivity index (χ1n) is 18.6. The standard InChI is InChI=1S/C39H57ClN4O11/c1-23-10-9-11-30(50-8)39(49)22-29(53-37(48)42-39)25(3)35-38(5,55-35)31(21-33(46)44(7)28-20-27(18-23)19-24(2)34(28)40)54-36(47)26(4)43(6)32(45)12-14-51-16-17-52-15-13-41/h9-11,19-20,25-26,29-31,35,49H,12-18,21-22,41H2,1-8H3,(H,42,48)/b11-9+,23-10+/t25-,26+,29+,30-,31+,35?,38+,39+/m1/s1. The molecule has 1 aromatic carbocycles. The zero-order chi connectivity index (χ0) is 40.7. The third kappa shape index (κ3) is 10.8. The van der Waals surface area contributed by atoms with Crippen LogP contribution in [0.4, 0.5) is 10.5 Å². The van der Waals surface area contributed by atoms with Crippen LogP contribution < -0.4 is 16.0 Å². The molecule has 0 radical (unpaired) electrons. The Balaban J connectivity index is 1.63. The fraction of sp³-hybridized carbons (Fsp3) is 0.641. The zero-order valence-electron chi connectivity index (χ0n) is 33.1. The Labute approximate surface area is 328 Å². The molecule has 4 rings (SSSR count). The number of nitrogens with zero attached hydrogens (tertiary/aromatic N) is 2. The number of alkyl carbamates (subject to hydrolysis) is 1. The zero-order valence-corrected chi connectivity index (χ0v) is 33.9. The van der Waals surface area contributed by atoms with Crippen molar-refractivity contribution < 1.29 is 52.7 Å². The molecule has 16 heteroatoms. The highest BCUT2D eigenvalue weighted by molar-refractivity contribution is 6.34. The molecule has 0 aliphatic carbocycles. The first-order chi connectivity index (χ1) is 25.9. The Morgan fingerprint density at radius 2 is 1.87 bits per heavy atom. The lowest BCUT2D eigenvalue weighted by atomic mass is 9.83. The highest BCUT2D eigenvalue weighted by Gasteiger charge is 2.64. The maximum atomic E-state index is 14.1. The summed E-state index contributed by atoms with van der Waals surface area (Å²) in [5, 5.41) is 14.7. The van der Waals surface area contributed by atoms with Gasteiger partial charge in [0.1, 0.15) is 30.0 Å². The summed E-state index contributed by atoms with van der Waals surface area (Å²) in [6.07, 6.45) is 1.11. The van der Waals surface area contributed by atoms with Crippen molar-refractivity contribution in [3.05, 3.63) is 52.1 Å². The lowest BCUT2D eigenvalue weighted by Gasteiger charge is -2.42. The molecule has 8 atom stereocenters. The number of methoxy groups -OCH3 is 1. The third-order valence-corrected chi connectivity index (χ3v) is 11.1. The topological polar surface area (TPSA) is 192 Å². The van der Waals surface area contributed by atoms with Gasteiger partial charge in [-0.2, -0.15) is 0 Å². The van der Waals surface area contributed by atoms with E-state index in [1.54, 1.807) is 33.0 Å². The number of anilines is 1. The van der Waals surface area contributed by atoms with Crippen LogP contribution in [0.2, 0.25) is 5.02 Å². The molecule has 3 aliphatic rings. The van der Waals surface area contributed by atoms with E-state index >= 15 is 0 Å². The number of rotatable bonds is 12. The SMILES string of the molecule is CO[C@@H]1/C=C/C=C(\C)Cc2cc(C)c(Cl)c(c2)N(C)C(=O)C[C@H](OC(=O)[C@H](C)N(C)C(=O)CCOCCOCCN)[C@]2(C)OC2[C@H](C)[C@@H]2C[C@@]1(O)NC(=O)O2. The number of hydrogen-bond donors (Lipinski definition) is 3. The third-order valence-electron chi connectivity index (χ3n) is 10.6. The summed E-state index contributed by atoms with van der Waals surface area (Å²) < 4.78 is 34.4. The quantitative estimate of drug-likeness (QED) is 0.159. The molecule has 3 heterocycles. The number of aryl methyl sites for hydroxylation is 1. The molecule has 55 heavy (non-hydrogen) atoms. The Morgan fingerprint density at radius 3 is 2.55 bits per heavy atom. The second-order valence-corrected chi connectivity index (χ2v) is 15.2. The van der Waals surface area contributed by atoms with Crippen molar-refractivity contribution in [3.8, 4) is 0 Å². The number of hydrogen-bond acceptors (Lipinski definition) is 12. The van der Waals surface area contributed by atoms with Crippen LogP contribution in [-0.4, -0.2) is 130 Å². The highest BCUT2D eigenvalue weighted by atomic mass is 35.5. The average Bonchev–Trinajstić information content (AvgIpc) is 3.83. The van der Waals surface area contributed by atoms with Gasteiger partial charge in [0.2, 0.25) is 11.8 Å². The number of carbonyl (C=O) groups is 4. The van der Waals surface area contributed by atoms with Crippen molar-refractivity contribution in [2.24, 2.45) is 11.7 Å². The van der Waals surface area contributed by atoms with Gasteiger partial charge >= 0.3 is 12.1 Å². The van der Waals surface area contributed by atoms with Gasteiger partial charge in [0.25, 0.3) is 0 Å². The van der Waals surface area contributed by atoms with Crippen molar-refractivity contribution in [2.75, 3.05) is 59.1 Å². The Kier molecular flexibility index (Phi) is 15.3. The normalized spacial score (nSPS) is 30.6. The minimum Gasteiger partial charge on any atom is -0.457 e. The lowest BCUT2D eigenvalue weighted by Crippen LogP contribution is -2.63. The number of fused-ring (bicyclic) bond motifs is 5. The van der Waals surface area contributed by atoms with Crippen LogP contribution in [0.15, 0.2) is 35.9 Å². The number of halogens is 1. The molecule has 1 unspecified atom stereocenters. The minimum absolute atomic E-state index is 0.0216. The van der Waals surface area contributed by atoms with E-state index in [1.807, 2.05) is 32.1 Å². The van der Waals surface area contributed by atoms with Crippen molar-refractivity contribution in [1.82, 2.24) is 10.2 Å². The van der Waals surface area contributed by atoms with Gasteiger partial charge in [0.15, 0.2) is 5.72 Å². The van der Waals surface area contributed by atoms with Gasteiger partial charge in [-0.1, -0.05) is 48.4 Å². The molecule has 4 bridgehead atoms. The lowest BCUT2D eigenvalue weighted by molar-refractivity contribution is -0.162. The molecule has 15 nitrogen and oxygen atoms in total. The summed E-state index contributed by atoms with van der Waals surface area (Å²) >= 11 is 6.77. The maximum Gasteiger partial charge on any atom is 0.409 e. The number of nitrogens with one attached hydrogen (secondary N) is 1. The fourth-order valence-corrected chi connectivity index (χ4v) is 7.23. The molecular formula is C39H57ClN4O11. The molecule has 0 spiro atoms. The van der Waals surface area contributed by atoms with Gasteiger partial charge in [0, 0.05) is 40.1 Å². The molecule has 0 aromatic heterocycles. The van der Waals surface area contributed by atoms with Crippen molar-refractivity contribution in [1.29, 1.82) is 0 Å². The average molecular weight is 793 g/mol. The van der Waals surface area contributed by atoms with Gasteiger partial charge in [-0.05, 0) is 51.3 Å². The molecule has 2 saturated heterocycles. The molecule has 4 N–H and O–H groups in total. The van der Waals surface area contributed by atoms with Gasteiger partial charge in [-0.25, -0.2) is 9.59 Å². The highest BCUT2D eigenvalue weighted by Crippen LogP contribution is 2.49. The van der Waals surface area contributed by atoms with Gasteiger partial charge in [-0.15, -0.1) is 0 Å². The number of epoxide rings is 1. The van der Waals surface area contributed by atoms with Crippen LogP contribution in [0.1, 0.15) is 58.1 Å². The van der Waals surface area contributed by atoms with E-state index in [2.05, 4.69) is 5.32 Å². The number of amides is 3. The van der Waals surface area contributed by atoms with Gasteiger partial charge in [-0.3, -0.25) is 14.9 Å². The van der Waals surface area contributed by atoms with E-state index in [-0.39, 0.29) is 31.8 Å². The largest absolute Gasteiger partial charge is 0.457 e. The molecule has 306 valence electrons. The van der Waals surface area contributed by atoms with E-state index in [1.165, 1.54) is 30.9 Å². The van der Waals surface area contributed by atoms with Crippen LogP contribution in [0.3, 0.4) is 0 Å². The first-order valence-corrected chi connectivity index (χ1v) is 19.0. The van der Waals surface area contributed by atoms with E-state index in [0.717, 1.165) is 16.7 Å². The summed E-state index contributed by atoms with van der Waals surface area (Å²) in [4.78, 5) is 56.4. The van der Waals surface area contributed by atoms with Crippen molar-refractivity contribution in [3.63, 3.8) is 0 Å². The predicted octanol–water partition coefficient (Wildman–Crippen LogP) is 3.20.